The monoisotopic (exact) mass is 229 g/mol. The molecule has 0 aromatic rings. The summed E-state index contributed by atoms with van der Waals surface area (Å²) >= 11 is 0. The van der Waals surface area contributed by atoms with Crippen molar-refractivity contribution in [3.8, 4) is 0 Å². The summed E-state index contributed by atoms with van der Waals surface area (Å²) in [5, 5.41) is 16.1. The fourth-order valence-corrected chi connectivity index (χ4v) is 1.22. The van der Waals surface area contributed by atoms with Gasteiger partial charge in [-0.3, -0.25) is 4.79 Å². The molecule has 1 unspecified atom stereocenters. The largest absolute Gasteiger partial charge is 0.550 e. The van der Waals surface area contributed by atoms with Crippen molar-refractivity contribution in [2.45, 2.75) is 46.2 Å². The summed E-state index contributed by atoms with van der Waals surface area (Å²) in [6, 6.07) is -0.669. The molecule has 94 valence electrons. The zero-order chi connectivity index (χ0) is 12.7. The number of carboxylic acids is 1. The Kier molecular flexibility index (Phi) is 6.72. The first-order valence-corrected chi connectivity index (χ1v) is 5.56. The van der Waals surface area contributed by atoms with Crippen LogP contribution in [0.3, 0.4) is 0 Å². The fraction of sp³-hybridized carbons (Fsp3) is 0.818. The van der Waals surface area contributed by atoms with Gasteiger partial charge in [0.1, 0.15) is 0 Å². The van der Waals surface area contributed by atoms with Gasteiger partial charge in [-0.2, -0.15) is 0 Å². The zero-order valence-electron chi connectivity index (χ0n) is 10.4. The molecule has 0 saturated carbocycles. The molecule has 0 aromatic carbocycles. The lowest BCUT2D eigenvalue weighted by Gasteiger charge is -2.21. The molecule has 0 aliphatic rings. The number of hydrogen-bond donors (Lipinski definition) is 2. The highest BCUT2D eigenvalue weighted by molar-refractivity contribution is 5.85. The molecule has 5 heteroatoms. The van der Waals surface area contributed by atoms with Gasteiger partial charge in [0.15, 0.2) is 0 Å². The summed E-state index contributed by atoms with van der Waals surface area (Å²) in [6.07, 6.45) is -0.303. The molecule has 1 amide bonds. The molecule has 0 saturated heterocycles. The average molecular weight is 229 g/mol. The maximum absolute atomic E-state index is 11.7. The molecule has 0 aliphatic heterocycles. The van der Waals surface area contributed by atoms with Crippen molar-refractivity contribution in [2.24, 2.45) is 5.92 Å². The number of hydrogen-bond acceptors (Lipinski definition) is 4. The zero-order valence-corrected chi connectivity index (χ0v) is 10.4. The van der Waals surface area contributed by atoms with E-state index in [1.807, 2.05) is 27.7 Å². The SMILES string of the molecule is CC(C)CNC(=O)C(CC(=O)[O-])NC(C)C. The summed E-state index contributed by atoms with van der Waals surface area (Å²) in [4.78, 5) is 22.2. The Morgan fingerprint density at radius 3 is 2.12 bits per heavy atom. The summed E-state index contributed by atoms with van der Waals surface area (Å²) in [5.74, 6) is -1.17. The van der Waals surface area contributed by atoms with Crippen LogP contribution < -0.4 is 15.7 Å². The Morgan fingerprint density at radius 2 is 1.75 bits per heavy atom. The van der Waals surface area contributed by atoms with Gasteiger partial charge in [0, 0.05) is 25.0 Å². The number of carbonyl (C=O) groups is 2. The molecule has 2 N–H and O–H groups in total. The van der Waals surface area contributed by atoms with Gasteiger partial charge in [0.05, 0.1) is 6.04 Å². The van der Waals surface area contributed by atoms with Crippen LogP contribution in [0.2, 0.25) is 0 Å². The van der Waals surface area contributed by atoms with E-state index in [0.717, 1.165) is 0 Å². The van der Waals surface area contributed by atoms with Gasteiger partial charge in [-0.1, -0.05) is 27.7 Å². The summed E-state index contributed by atoms with van der Waals surface area (Å²) in [7, 11) is 0. The van der Waals surface area contributed by atoms with E-state index in [1.54, 1.807) is 0 Å². The van der Waals surface area contributed by atoms with E-state index in [1.165, 1.54) is 0 Å². The van der Waals surface area contributed by atoms with Crippen molar-refractivity contribution in [2.75, 3.05) is 6.54 Å². The third-order valence-corrected chi connectivity index (χ3v) is 1.91. The molecule has 16 heavy (non-hydrogen) atoms. The van der Waals surface area contributed by atoms with Crippen molar-refractivity contribution >= 4 is 11.9 Å². The van der Waals surface area contributed by atoms with Crippen molar-refractivity contribution < 1.29 is 14.7 Å². The molecule has 0 radical (unpaired) electrons. The molecule has 0 heterocycles. The number of carbonyl (C=O) groups excluding carboxylic acids is 2. The lowest BCUT2D eigenvalue weighted by molar-refractivity contribution is -0.306. The van der Waals surface area contributed by atoms with Gasteiger partial charge >= 0.3 is 0 Å². The van der Waals surface area contributed by atoms with Crippen LogP contribution in [0.4, 0.5) is 0 Å². The van der Waals surface area contributed by atoms with E-state index >= 15 is 0 Å². The van der Waals surface area contributed by atoms with Crippen LogP contribution in [0.1, 0.15) is 34.1 Å². The molecular formula is C11H21N2O3-. The Hall–Kier alpha value is -1.10. The Morgan fingerprint density at radius 1 is 1.19 bits per heavy atom. The van der Waals surface area contributed by atoms with E-state index in [2.05, 4.69) is 10.6 Å². The molecule has 0 rings (SSSR count). The predicted molar refractivity (Wildman–Crippen MR) is 59.5 cm³/mol. The molecule has 0 aliphatic carbocycles. The number of rotatable bonds is 7. The van der Waals surface area contributed by atoms with Gasteiger partial charge in [0.2, 0.25) is 5.91 Å². The molecule has 0 fully saturated rings. The minimum absolute atomic E-state index is 0.0501. The second kappa shape index (κ2) is 7.22. The fourth-order valence-electron chi connectivity index (χ4n) is 1.22. The normalized spacial score (nSPS) is 12.9. The summed E-state index contributed by atoms with van der Waals surface area (Å²) in [6.45, 7) is 8.21. The van der Waals surface area contributed by atoms with Crippen molar-refractivity contribution in [3.63, 3.8) is 0 Å². The van der Waals surface area contributed by atoms with Crippen LogP contribution in [-0.2, 0) is 9.59 Å². The standard InChI is InChI=1S/C11H22N2O3/c1-7(2)6-12-11(16)9(5-10(14)15)13-8(3)4/h7-9,13H,5-6H2,1-4H3,(H,12,16)(H,14,15)/p-1. The first-order chi connectivity index (χ1) is 7.32. The molecule has 1 atom stereocenters. The van der Waals surface area contributed by atoms with E-state index in [-0.39, 0.29) is 18.4 Å². The third kappa shape index (κ3) is 7.23. The van der Waals surface area contributed by atoms with Crippen molar-refractivity contribution in [3.05, 3.63) is 0 Å². The van der Waals surface area contributed by atoms with Crippen LogP contribution in [0.5, 0.6) is 0 Å². The maximum atomic E-state index is 11.7. The number of nitrogens with one attached hydrogen (secondary N) is 2. The molecule has 0 bridgehead atoms. The predicted octanol–water partition coefficient (Wildman–Crippen LogP) is -0.735. The van der Waals surface area contributed by atoms with Gasteiger partial charge in [-0.05, 0) is 5.92 Å². The van der Waals surface area contributed by atoms with Crippen molar-refractivity contribution in [1.82, 2.24) is 10.6 Å². The minimum atomic E-state index is -1.22. The Bertz CT molecular complexity index is 239. The van der Waals surface area contributed by atoms with E-state index in [0.29, 0.717) is 12.5 Å². The van der Waals surface area contributed by atoms with Crippen LogP contribution >= 0.6 is 0 Å². The summed E-state index contributed by atoms with van der Waals surface area (Å²) in [5.41, 5.74) is 0. The summed E-state index contributed by atoms with van der Waals surface area (Å²) < 4.78 is 0. The molecule has 0 spiro atoms. The second-order valence-corrected chi connectivity index (χ2v) is 4.59. The molecule has 0 aromatic heterocycles. The van der Waals surface area contributed by atoms with Crippen LogP contribution in [0.15, 0.2) is 0 Å². The second-order valence-electron chi connectivity index (χ2n) is 4.59. The van der Waals surface area contributed by atoms with Crippen LogP contribution in [0.25, 0.3) is 0 Å². The third-order valence-electron chi connectivity index (χ3n) is 1.91. The molecular weight excluding hydrogens is 208 g/mol. The topological polar surface area (TPSA) is 81.3 Å². The van der Waals surface area contributed by atoms with Gasteiger partial charge in [-0.25, -0.2) is 0 Å². The minimum Gasteiger partial charge on any atom is -0.550 e. The smallest absolute Gasteiger partial charge is 0.237 e. The Balaban J connectivity index is 4.26. The molecule has 5 nitrogen and oxygen atoms in total. The highest BCUT2D eigenvalue weighted by Crippen LogP contribution is 1.96. The average Bonchev–Trinajstić information content (AvgIpc) is 2.11. The highest BCUT2D eigenvalue weighted by atomic mass is 16.4. The quantitative estimate of drug-likeness (QED) is 0.603. The lowest BCUT2D eigenvalue weighted by Crippen LogP contribution is -2.50. The van der Waals surface area contributed by atoms with Crippen LogP contribution in [-0.4, -0.2) is 30.5 Å². The highest BCUT2D eigenvalue weighted by Gasteiger charge is 2.18. The van der Waals surface area contributed by atoms with E-state index in [4.69, 9.17) is 0 Å². The van der Waals surface area contributed by atoms with Gasteiger partial charge in [0.25, 0.3) is 0 Å². The first-order valence-electron chi connectivity index (χ1n) is 5.56. The van der Waals surface area contributed by atoms with Gasteiger partial charge < -0.3 is 20.5 Å². The number of amides is 1. The maximum Gasteiger partial charge on any atom is 0.237 e. The number of aliphatic carboxylic acids is 1. The van der Waals surface area contributed by atoms with Crippen molar-refractivity contribution in [1.29, 1.82) is 0 Å². The number of carboxylic acid groups (broad SMARTS) is 1. The van der Waals surface area contributed by atoms with Gasteiger partial charge in [-0.15, -0.1) is 0 Å². The van der Waals surface area contributed by atoms with E-state index < -0.39 is 12.0 Å². The van der Waals surface area contributed by atoms with Crippen LogP contribution in [0, 0.1) is 5.92 Å². The van der Waals surface area contributed by atoms with E-state index in [9.17, 15) is 14.7 Å². The first kappa shape index (κ1) is 14.9. The lowest BCUT2D eigenvalue weighted by atomic mass is 10.1. The Labute approximate surface area is 96.6 Å².